The third-order valence-electron chi connectivity index (χ3n) is 3.35. The van der Waals surface area contributed by atoms with Crippen LogP contribution in [0.3, 0.4) is 0 Å². The minimum Gasteiger partial charge on any atom is -0.324 e. The topological polar surface area (TPSA) is 63.4 Å². The van der Waals surface area contributed by atoms with Gasteiger partial charge in [-0.2, -0.15) is 0 Å². The van der Waals surface area contributed by atoms with E-state index in [2.05, 4.69) is 0 Å². The number of amides is 2. The van der Waals surface area contributed by atoms with Crippen molar-refractivity contribution in [2.75, 3.05) is 6.54 Å². The fourth-order valence-corrected chi connectivity index (χ4v) is 1.80. The van der Waals surface area contributed by atoms with Gasteiger partial charge in [-0.3, -0.25) is 14.5 Å². The summed E-state index contributed by atoms with van der Waals surface area (Å²) < 4.78 is 0. The van der Waals surface area contributed by atoms with Crippen LogP contribution in [0.15, 0.2) is 0 Å². The van der Waals surface area contributed by atoms with Gasteiger partial charge in [-0.05, 0) is 12.8 Å². The van der Waals surface area contributed by atoms with Crippen molar-refractivity contribution in [1.29, 1.82) is 0 Å². The zero-order valence-electron chi connectivity index (χ0n) is 9.75. The van der Waals surface area contributed by atoms with Gasteiger partial charge >= 0.3 is 0 Å². The number of carbonyl (C=O) groups is 2. The van der Waals surface area contributed by atoms with Gasteiger partial charge in [0.1, 0.15) is 0 Å². The Morgan fingerprint density at radius 3 is 2.27 bits per heavy atom. The van der Waals surface area contributed by atoms with Gasteiger partial charge in [0.25, 0.3) is 0 Å². The van der Waals surface area contributed by atoms with Crippen molar-refractivity contribution in [3.05, 3.63) is 0 Å². The van der Waals surface area contributed by atoms with Crippen LogP contribution in [-0.4, -0.2) is 28.8 Å². The zero-order valence-corrected chi connectivity index (χ0v) is 9.75. The molecule has 1 aliphatic heterocycles. The fourth-order valence-electron chi connectivity index (χ4n) is 1.80. The van der Waals surface area contributed by atoms with Gasteiger partial charge in [0.05, 0.1) is 0 Å². The molecule has 4 nitrogen and oxygen atoms in total. The van der Waals surface area contributed by atoms with E-state index in [-0.39, 0.29) is 17.7 Å². The van der Waals surface area contributed by atoms with Gasteiger partial charge in [0.2, 0.25) is 11.8 Å². The summed E-state index contributed by atoms with van der Waals surface area (Å²) in [5.74, 6) is -0.323. The molecule has 1 unspecified atom stereocenters. The van der Waals surface area contributed by atoms with Crippen LogP contribution >= 0.6 is 0 Å². The summed E-state index contributed by atoms with van der Waals surface area (Å²) in [6, 6.07) is 0. The predicted octanol–water partition coefficient (Wildman–Crippen LogP) is 0.899. The molecule has 1 atom stereocenters. The number of likely N-dealkylation sites (tertiary alicyclic amines) is 1. The van der Waals surface area contributed by atoms with Crippen molar-refractivity contribution in [2.45, 2.75) is 45.6 Å². The first-order valence-corrected chi connectivity index (χ1v) is 5.56. The number of imide groups is 1. The van der Waals surface area contributed by atoms with Crippen LogP contribution in [0.4, 0.5) is 0 Å². The molecule has 0 aromatic heterocycles. The predicted molar refractivity (Wildman–Crippen MR) is 58.0 cm³/mol. The first-order chi connectivity index (χ1) is 6.93. The molecule has 1 aliphatic rings. The molecule has 0 bridgehead atoms. The second-order valence-electron chi connectivity index (χ2n) is 4.49. The van der Waals surface area contributed by atoms with E-state index < -0.39 is 5.54 Å². The van der Waals surface area contributed by atoms with Crippen molar-refractivity contribution in [2.24, 2.45) is 11.7 Å². The van der Waals surface area contributed by atoms with E-state index in [0.29, 0.717) is 13.0 Å². The lowest BCUT2D eigenvalue weighted by Crippen LogP contribution is -2.51. The van der Waals surface area contributed by atoms with Crippen molar-refractivity contribution in [1.82, 2.24) is 4.90 Å². The van der Waals surface area contributed by atoms with Crippen molar-refractivity contribution >= 4 is 11.8 Å². The number of hydrogen-bond acceptors (Lipinski definition) is 3. The number of nitrogens with zero attached hydrogens (tertiary/aromatic N) is 1. The van der Waals surface area contributed by atoms with Crippen LogP contribution in [0.1, 0.15) is 40.0 Å². The molecule has 15 heavy (non-hydrogen) atoms. The van der Waals surface area contributed by atoms with E-state index in [1.54, 1.807) is 6.92 Å². The summed E-state index contributed by atoms with van der Waals surface area (Å²) in [7, 11) is 0. The molecule has 1 saturated heterocycles. The Labute approximate surface area is 90.8 Å². The van der Waals surface area contributed by atoms with Gasteiger partial charge in [0, 0.05) is 24.4 Å². The second-order valence-corrected chi connectivity index (χ2v) is 4.49. The first-order valence-electron chi connectivity index (χ1n) is 5.56. The molecule has 1 rings (SSSR count). The average molecular weight is 212 g/mol. The number of carbonyl (C=O) groups excluding carboxylic acids is 2. The first kappa shape index (κ1) is 12.2. The third-order valence-corrected chi connectivity index (χ3v) is 3.35. The lowest BCUT2D eigenvalue weighted by Gasteiger charge is -2.30. The Morgan fingerprint density at radius 2 is 1.93 bits per heavy atom. The van der Waals surface area contributed by atoms with Crippen molar-refractivity contribution < 1.29 is 9.59 Å². The van der Waals surface area contributed by atoms with E-state index in [0.717, 1.165) is 12.8 Å². The summed E-state index contributed by atoms with van der Waals surface area (Å²) in [6.45, 7) is 6.12. The Hall–Kier alpha value is -0.900. The molecular formula is C11H20N2O2. The summed E-state index contributed by atoms with van der Waals surface area (Å²) in [4.78, 5) is 24.6. The van der Waals surface area contributed by atoms with Crippen LogP contribution in [0.25, 0.3) is 0 Å². The van der Waals surface area contributed by atoms with Crippen molar-refractivity contribution in [3.8, 4) is 0 Å². The minimum atomic E-state index is -0.421. The van der Waals surface area contributed by atoms with E-state index in [4.69, 9.17) is 5.73 Å². The lowest BCUT2D eigenvalue weighted by molar-refractivity contribution is -0.140. The Balaban J connectivity index is 2.73. The normalized spacial score (nSPS) is 22.7. The van der Waals surface area contributed by atoms with Gasteiger partial charge in [0.15, 0.2) is 0 Å². The summed E-state index contributed by atoms with van der Waals surface area (Å²) in [5.41, 5.74) is 5.68. The molecule has 1 fully saturated rings. The van der Waals surface area contributed by atoms with E-state index in [1.165, 1.54) is 4.90 Å². The van der Waals surface area contributed by atoms with E-state index in [1.807, 2.05) is 13.8 Å². The monoisotopic (exact) mass is 212 g/mol. The Kier molecular flexibility index (Phi) is 3.50. The van der Waals surface area contributed by atoms with E-state index >= 15 is 0 Å². The molecule has 0 spiro atoms. The molecule has 0 aromatic carbocycles. The molecule has 2 amide bonds. The quantitative estimate of drug-likeness (QED) is 0.704. The highest BCUT2D eigenvalue weighted by Crippen LogP contribution is 2.22. The van der Waals surface area contributed by atoms with Gasteiger partial charge in [-0.1, -0.05) is 20.8 Å². The van der Waals surface area contributed by atoms with Gasteiger partial charge < -0.3 is 5.73 Å². The van der Waals surface area contributed by atoms with Gasteiger partial charge in [-0.15, -0.1) is 0 Å². The molecule has 1 heterocycles. The zero-order chi connectivity index (χ0) is 11.6. The molecule has 4 heteroatoms. The number of hydrogen-bond donors (Lipinski definition) is 1. The van der Waals surface area contributed by atoms with Crippen molar-refractivity contribution in [3.63, 3.8) is 0 Å². The molecule has 0 radical (unpaired) electrons. The highest BCUT2D eigenvalue weighted by atomic mass is 16.2. The smallest absolute Gasteiger partial charge is 0.232 e. The van der Waals surface area contributed by atoms with E-state index in [9.17, 15) is 9.59 Å². The number of rotatable bonds is 4. The number of nitrogens with two attached hydrogens (primary N) is 1. The molecule has 0 saturated carbocycles. The van der Waals surface area contributed by atoms with Crippen LogP contribution < -0.4 is 5.73 Å². The third kappa shape index (κ3) is 2.37. The second kappa shape index (κ2) is 4.31. The highest BCUT2D eigenvalue weighted by Gasteiger charge is 2.38. The van der Waals surface area contributed by atoms with Crippen LogP contribution in [-0.2, 0) is 9.59 Å². The van der Waals surface area contributed by atoms with Crippen LogP contribution in [0.5, 0.6) is 0 Å². The summed E-state index contributed by atoms with van der Waals surface area (Å²) in [6.07, 6.45) is 1.88. The molecular weight excluding hydrogens is 192 g/mol. The molecule has 0 aliphatic carbocycles. The Bertz CT molecular complexity index is 272. The van der Waals surface area contributed by atoms with Crippen LogP contribution in [0.2, 0.25) is 0 Å². The molecule has 86 valence electrons. The van der Waals surface area contributed by atoms with Crippen LogP contribution in [0, 0.1) is 5.92 Å². The van der Waals surface area contributed by atoms with Gasteiger partial charge in [-0.25, -0.2) is 0 Å². The maximum Gasteiger partial charge on any atom is 0.232 e. The lowest BCUT2D eigenvalue weighted by atomic mass is 9.93. The largest absolute Gasteiger partial charge is 0.324 e. The maximum absolute atomic E-state index is 11.7. The maximum atomic E-state index is 11.7. The molecule has 0 aromatic rings. The minimum absolute atomic E-state index is 0.0725. The fraction of sp³-hybridized carbons (Fsp3) is 0.818. The standard InChI is InChI=1S/C11H20N2O2/c1-4-11(12,5-2)7-13-9(14)6-8(3)10(13)15/h8H,4-7,12H2,1-3H3. The summed E-state index contributed by atoms with van der Waals surface area (Å²) >= 11 is 0. The molecule has 2 N–H and O–H groups in total. The average Bonchev–Trinajstić information content (AvgIpc) is 2.45. The summed E-state index contributed by atoms with van der Waals surface area (Å²) in [5, 5.41) is 0. The SMILES string of the molecule is CCC(N)(CC)CN1C(=O)CC(C)C1=O. The Morgan fingerprint density at radius 1 is 1.40 bits per heavy atom. The highest BCUT2D eigenvalue weighted by molar-refractivity contribution is 6.03.